The molecule has 0 atom stereocenters. The normalized spacial score (nSPS) is 21.6. The van der Waals surface area contributed by atoms with Crippen LogP contribution in [0, 0.1) is 0 Å². The maximum absolute atomic E-state index is 12.1. The lowest BCUT2D eigenvalue weighted by Crippen LogP contribution is -2.42. The molecular weight excluding hydrogens is 302 g/mol. The van der Waals surface area contributed by atoms with Crippen LogP contribution in [0.5, 0.6) is 0 Å². The average Bonchev–Trinajstić information content (AvgIpc) is 2.56. The smallest absolute Gasteiger partial charge is 0.314 e. The third-order valence-electron chi connectivity index (χ3n) is 4.94. The van der Waals surface area contributed by atoms with E-state index in [0.717, 1.165) is 43.6 Å². The van der Waals surface area contributed by atoms with Crippen LogP contribution in [0.1, 0.15) is 37.7 Å². The number of morpholine rings is 1. The summed E-state index contributed by atoms with van der Waals surface area (Å²) in [5.41, 5.74) is 1.10. The first-order chi connectivity index (χ1) is 10.6. The Hall–Kier alpha value is -1.26. The maximum atomic E-state index is 12.1. The molecule has 2 fully saturated rings. The molecule has 0 unspecified atom stereocenters. The predicted octanol–water partition coefficient (Wildman–Crippen LogP) is 3.46. The largest absolute Gasteiger partial charge is 0.481 e. The SMILES string of the molecule is O=C(O)C1(c2cc(Cl)ccc2N2CCOCC2)CCCCC1. The molecule has 1 saturated heterocycles. The Labute approximate surface area is 136 Å². The van der Waals surface area contributed by atoms with Gasteiger partial charge in [0.25, 0.3) is 0 Å². The Balaban J connectivity index is 2.06. The molecule has 0 bridgehead atoms. The van der Waals surface area contributed by atoms with Gasteiger partial charge in [0.2, 0.25) is 0 Å². The van der Waals surface area contributed by atoms with E-state index in [1.54, 1.807) is 0 Å². The summed E-state index contributed by atoms with van der Waals surface area (Å²) in [6.45, 7) is 2.96. The van der Waals surface area contributed by atoms with Crippen LogP contribution in [-0.2, 0) is 14.9 Å². The predicted molar refractivity (Wildman–Crippen MR) is 86.9 cm³/mol. The van der Waals surface area contributed by atoms with Crippen molar-refractivity contribution < 1.29 is 14.6 Å². The van der Waals surface area contributed by atoms with E-state index in [9.17, 15) is 9.90 Å². The summed E-state index contributed by atoms with van der Waals surface area (Å²) in [5.74, 6) is -0.719. The van der Waals surface area contributed by atoms with Crippen LogP contribution in [0.3, 0.4) is 0 Å². The minimum absolute atomic E-state index is 0.609. The van der Waals surface area contributed by atoms with E-state index in [1.165, 1.54) is 0 Å². The molecule has 1 N–H and O–H groups in total. The number of anilines is 1. The highest BCUT2D eigenvalue weighted by Crippen LogP contribution is 2.44. The zero-order chi connectivity index (χ0) is 15.6. The summed E-state index contributed by atoms with van der Waals surface area (Å²) < 4.78 is 5.42. The van der Waals surface area contributed by atoms with Crippen molar-refractivity contribution >= 4 is 23.3 Å². The molecule has 5 heteroatoms. The van der Waals surface area contributed by atoms with Crippen LogP contribution in [0.15, 0.2) is 18.2 Å². The fraction of sp³-hybridized carbons (Fsp3) is 0.588. The molecule has 1 aromatic carbocycles. The highest BCUT2D eigenvalue weighted by Gasteiger charge is 2.43. The van der Waals surface area contributed by atoms with Crippen LogP contribution in [0.4, 0.5) is 5.69 Å². The fourth-order valence-electron chi connectivity index (χ4n) is 3.73. The molecule has 4 nitrogen and oxygen atoms in total. The molecule has 1 aliphatic heterocycles. The van der Waals surface area contributed by atoms with Gasteiger partial charge in [-0.15, -0.1) is 0 Å². The van der Waals surface area contributed by atoms with Gasteiger partial charge in [-0.3, -0.25) is 4.79 Å². The molecule has 0 amide bonds. The van der Waals surface area contributed by atoms with Crippen molar-refractivity contribution in [3.63, 3.8) is 0 Å². The third-order valence-corrected chi connectivity index (χ3v) is 5.18. The number of carboxylic acids is 1. The third kappa shape index (κ3) is 2.82. The van der Waals surface area contributed by atoms with Gasteiger partial charge in [-0.05, 0) is 36.6 Å². The Bertz CT molecular complexity index is 549. The van der Waals surface area contributed by atoms with Crippen LogP contribution < -0.4 is 4.90 Å². The molecule has 1 aromatic rings. The van der Waals surface area contributed by atoms with Crippen LogP contribution in [0.2, 0.25) is 5.02 Å². The summed E-state index contributed by atoms with van der Waals surface area (Å²) in [7, 11) is 0. The molecule has 0 spiro atoms. The quantitative estimate of drug-likeness (QED) is 0.925. The lowest BCUT2D eigenvalue weighted by molar-refractivity contribution is -0.145. The van der Waals surface area contributed by atoms with Crippen molar-refractivity contribution in [3.05, 3.63) is 28.8 Å². The fourth-order valence-corrected chi connectivity index (χ4v) is 3.90. The van der Waals surface area contributed by atoms with Gasteiger partial charge in [0.15, 0.2) is 0 Å². The number of benzene rings is 1. The van der Waals surface area contributed by atoms with Gasteiger partial charge >= 0.3 is 5.97 Å². The molecule has 22 heavy (non-hydrogen) atoms. The van der Waals surface area contributed by atoms with E-state index in [0.29, 0.717) is 31.1 Å². The number of carboxylic acid groups (broad SMARTS) is 1. The Morgan fingerprint density at radius 3 is 2.50 bits per heavy atom. The van der Waals surface area contributed by atoms with E-state index in [1.807, 2.05) is 18.2 Å². The van der Waals surface area contributed by atoms with Crippen LogP contribution >= 0.6 is 11.6 Å². The number of aliphatic carboxylic acids is 1. The molecule has 3 rings (SSSR count). The Kier molecular flexibility index (Phi) is 4.59. The van der Waals surface area contributed by atoms with Gasteiger partial charge in [0.1, 0.15) is 0 Å². The highest BCUT2D eigenvalue weighted by molar-refractivity contribution is 6.30. The van der Waals surface area contributed by atoms with Crippen molar-refractivity contribution in [2.24, 2.45) is 0 Å². The lowest BCUT2D eigenvalue weighted by atomic mass is 9.68. The maximum Gasteiger partial charge on any atom is 0.314 e. The van der Waals surface area contributed by atoms with Crippen LogP contribution in [-0.4, -0.2) is 37.4 Å². The standard InChI is InChI=1S/C17H22ClNO3/c18-13-4-5-15(19-8-10-22-11-9-19)14(12-13)17(16(20)21)6-2-1-3-7-17/h4-5,12H,1-3,6-11H2,(H,20,21). The lowest BCUT2D eigenvalue weighted by Gasteiger charge is -2.38. The average molecular weight is 324 g/mol. The molecule has 0 aromatic heterocycles. The number of hydrogen-bond acceptors (Lipinski definition) is 3. The van der Waals surface area contributed by atoms with Gasteiger partial charge in [-0.1, -0.05) is 30.9 Å². The van der Waals surface area contributed by atoms with E-state index in [-0.39, 0.29) is 0 Å². The number of carbonyl (C=O) groups is 1. The summed E-state index contributed by atoms with van der Waals surface area (Å²) in [5, 5.41) is 10.6. The topological polar surface area (TPSA) is 49.8 Å². The van der Waals surface area contributed by atoms with Crippen LogP contribution in [0.25, 0.3) is 0 Å². The second-order valence-corrected chi connectivity index (χ2v) is 6.65. The zero-order valence-electron chi connectivity index (χ0n) is 12.7. The Morgan fingerprint density at radius 2 is 1.86 bits per heavy atom. The highest BCUT2D eigenvalue weighted by atomic mass is 35.5. The van der Waals surface area contributed by atoms with E-state index in [4.69, 9.17) is 16.3 Å². The second-order valence-electron chi connectivity index (χ2n) is 6.21. The van der Waals surface area contributed by atoms with E-state index in [2.05, 4.69) is 4.90 Å². The Morgan fingerprint density at radius 1 is 1.18 bits per heavy atom. The van der Waals surface area contributed by atoms with Crippen molar-refractivity contribution in [1.29, 1.82) is 0 Å². The second kappa shape index (κ2) is 6.47. The first-order valence-corrected chi connectivity index (χ1v) is 8.37. The minimum Gasteiger partial charge on any atom is -0.481 e. The molecule has 1 saturated carbocycles. The zero-order valence-corrected chi connectivity index (χ0v) is 13.4. The molecular formula is C17H22ClNO3. The van der Waals surface area contributed by atoms with Crippen molar-refractivity contribution in [2.75, 3.05) is 31.2 Å². The van der Waals surface area contributed by atoms with Crippen molar-refractivity contribution in [2.45, 2.75) is 37.5 Å². The number of halogens is 1. The molecule has 0 radical (unpaired) electrons. The van der Waals surface area contributed by atoms with Crippen molar-refractivity contribution in [3.8, 4) is 0 Å². The van der Waals surface area contributed by atoms with Gasteiger partial charge in [0.05, 0.1) is 18.6 Å². The summed E-state index contributed by atoms with van der Waals surface area (Å²) in [6.07, 6.45) is 4.42. The van der Waals surface area contributed by atoms with Gasteiger partial charge in [-0.25, -0.2) is 0 Å². The molecule has 1 aliphatic carbocycles. The van der Waals surface area contributed by atoms with Crippen molar-refractivity contribution in [1.82, 2.24) is 0 Å². The van der Waals surface area contributed by atoms with Gasteiger partial charge in [-0.2, -0.15) is 0 Å². The first kappa shape index (κ1) is 15.6. The van der Waals surface area contributed by atoms with E-state index < -0.39 is 11.4 Å². The first-order valence-electron chi connectivity index (χ1n) is 8.00. The number of ether oxygens (including phenoxy) is 1. The number of rotatable bonds is 3. The molecule has 1 heterocycles. The van der Waals surface area contributed by atoms with Gasteiger partial charge in [0, 0.05) is 23.8 Å². The summed E-state index contributed by atoms with van der Waals surface area (Å²) in [6, 6.07) is 5.70. The summed E-state index contributed by atoms with van der Waals surface area (Å²) in [4.78, 5) is 14.4. The molecule has 120 valence electrons. The van der Waals surface area contributed by atoms with E-state index >= 15 is 0 Å². The summed E-state index contributed by atoms with van der Waals surface area (Å²) >= 11 is 6.21. The number of hydrogen-bond donors (Lipinski definition) is 1. The monoisotopic (exact) mass is 323 g/mol. The number of nitrogens with zero attached hydrogens (tertiary/aromatic N) is 1. The minimum atomic E-state index is -0.795. The molecule has 2 aliphatic rings. The van der Waals surface area contributed by atoms with Gasteiger partial charge < -0.3 is 14.7 Å².